The minimum absolute atomic E-state index is 0.214. The topological polar surface area (TPSA) is 9.23 Å². The summed E-state index contributed by atoms with van der Waals surface area (Å²) in [5.41, 5.74) is 0. The summed E-state index contributed by atoms with van der Waals surface area (Å²) in [4.78, 5) is 0. The Hall–Kier alpha value is -1.08. The van der Waals surface area contributed by atoms with Gasteiger partial charge in [-0.2, -0.15) is 0 Å². The summed E-state index contributed by atoms with van der Waals surface area (Å²) in [6.07, 6.45) is 1.24. The van der Waals surface area contributed by atoms with Crippen LogP contribution in [-0.4, -0.2) is 57.6 Å². The molecular weight excluding hydrogens is 553 g/mol. The molecule has 0 N–H and O–H groups in total. The molecule has 0 fully saturated rings. The maximum atomic E-state index is 6.26. The standard InChI is InChI=1S/C25H26OSe3/c1-3-23(26-4-2)24(27-20-14-8-5-9-15-20)25(28-21-16-10-6-11-17-21)29-22-18-12-7-13-19-22/h5-19,23H,3-4H2,1-2H3. The summed E-state index contributed by atoms with van der Waals surface area (Å²) in [7, 11) is 0. The van der Waals surface area contributed by atoms with E-state index in [2.05, 4.69) is 105 Å². The van der Waals surface area contributed by atoms with E-state index in [0.29, 0.717) is 29.9 Å². The fourth-order valence-corrected chi connectivity index (χ4v) is 12.4. The zero-order valence-electron chi connectivity index (χ0n) is 16.8. The summed E-state index contributed by atoms with van der Waals surface area (Å²) in [5.74, 6) is 0. The molecule has 0 aliphatic carbocycles. The van der Waals surface area contributed by atoms with Crippen LogP contribution in [0.3, 0.4) is 0 Å². The second-order valence-electron chi connectivity index (χ2n) is 6.25. The molecular formula is C25H26OSe3. The molecule has 0 aliphatic rings. The van der Waals surface area contributed by atoms with Crippen molar-refractivity contribution in [3.63, 3.8) is 0 Å². The van der Waals surface area contributed by atoms with Crippen molar-refractivity contribution in [1.82, 2.24) is 0 Å². The van der Waals surface area contributed by atoms with Gasteiger partial charge in [-0.15, -0.1) is 0 Å². The van der Waals surface area contributed by atoms with Gasteiger partial charge in [0.25, 0.3) is 0 Å². The minimum atomic E-state index is 0.214. The quantitative estimate of drug-likeness (QED) is 0.336. The second-order valence-corrected chi connectivity index (χ2v) is 14.4. The van der Waals surface area contributed by atoms with Crippen LogP contribution in [-0.2, 0) is 4.74 Å². The molecule has 3 aromatic rings. The van der Waals surface area contributed by atoms with Crippen LogP contribution in [0.5, 0.6) is 0 Å². The van der Waals surface area contributed by atoms with Crippen molar-refractivity contribution >= 4 is 58.3 Å². The van der Waals surface area contributed by atoms with E-state index >= 15 is 0 Å². The molecule has 1 atom stereocenters. The molecule has 0 saturated heterocycles. The van der Waals surface area contributed by atoms with Gasteiger partial charge in [0.2, 0.25) is 0 Å². The summed E-state index contributed by atoms with van der Waals surface area (Å²) in [6, 6.07) is 32.9. The molecule has 0 amide bonds. The van der Waals surface area contributed by atoms with E-state index < -0.39 is 0 Å². The van der Waals surface area contributed by atoms with Crippen molar-refractivity contribution in [2.75, 3.05) is 6.61 Å². The predicted octanol–water partition coefficient (Wildman–Crippen LogP) is 3.06. The molecule has 1 unspecified atom stereocenters. The molecule has 0 radical (unpaired) electrons. The van der Waals surface area contributed by atoms with Crippen molar-refractivity contribution in [3.8, 4) is 0 Å². The van der Waals surface area contributed by atoms with Crippen molar-refractivity contribution in [2.24, 2.45) is 0 Å². The second kappa shape index (κ2) is 12.6. The predicted molar refractivity (Wildman–Crippen MR) is 128 cm³/mol. The van der Waals surface area contributed by atoms with Crippen LogP contribution in [0, 0.1) is 0 Å². The normalized spacial score (nSPS) is 11.8. The molecule has 0 bridgehead atoms. The average molecular weight is 579 g/mol. The zero-order chi connectivity index (χ0) is 20.3. The third-order valence-electron chi connectivity index (χ3n) is 4.11. The van der Waals surface area contributed by atoms with Gasteiger partial charge in [0.15, 0.2) is 0 Å². The number of hydrogen-bond acceptors (Lipinski definition) is 1. The number of hydrogen-bond donors (Lipinski definition) is 0. The van der Waals surface area contributed by atoms with E-state index in [9.17, 15) is 0 Å². The summed E-state index contributed by atoms with van der Waals surface area (Å²) < 4.78 is 13.8. The molecule has 29 heavy (non-hydrogen) atoms. The van der Waals surface area contributed by atoms with E-state index in [1.807, 2.05) is 0 Å². The molecule has 0 aromatic heterocycles. The third-order valence-corrected chi connectivity index (χ3v) is 13.6. The van der Waals surface area contributed by atoms with Crippen molar-refractivity contribution < 1.29 is 4.74 Å². The molecule has 3 aromatic carbocycles. The van der Waals surface area contributed by atoms with Crippen molar-refractivity contribution in [2.45, 2.75) is 26.4 Å². The Morgan fingerprint density at radius 1 is 0.655 bits per heavy atom. The SMILES string of the molecule is CCOC(CC)C([Se]c1ccccc1)=C([Se]c1ccccc1)[Se]c1ccccc1. The Labute approximate surface area is 193 Å². The molecule has 0 aliphatic heterocycles. The van der Waals surface area contributed by atoms with Gasteiger partial charge in [-0.25, -0.2) is 0 Å². The summed E-state index contributed by atoms with van der Waals surface area (Å²) in [6.45, 7) is 5.13. The first kappa shape index (κ1) is 22.6. The Balaban J connectivity index is 2.04. The van der Waals surface area contributed by atoms with Crippen LogP contribution < -0.4 is 13.4 Å². The fourth-order valence-electron chi connectivity index (χ4n) is 2.75. The number of benzene rings is 3. The monoisotopic (exact) mass is 582 g/mol. The zero-order valence-corrected chi connectivity index (χ0v) is 21.9. The van der Waals surface area contributed by atoms with Crippen LogP contribution >= 0.6 is 0 Å². The first-order valence-electron chi connectivity index (χ1n) is 9.84. The third kappa shape index (κ3) is 7.28. The Morgan fingerprint density at radius 2 is 1.07 bits per heavy atom. The van der Waals surface area contributed by atoms with Gasteiger partial charge in [-0.1, -0.05) is 0 Å². The van der Waals surface area contributed by atoms with Crippen molar-refractivity contribution in [3.05, 3.63) is 98.8 Å². The molecule has 150 valence electrons. The Morgan fingerprint density at radius 3 is 1.45 bits per heavy atom. The van der Waals surface area contributed by atoms with Gasteiger partial charge in [0, 0.05) is 0 Å². The average Bonchev–Trinajstić information content (AvgIpc) is 2.78. The maximum absolute atomic E-state index is 6.26. The molecule has 4 heteroatoms. The molecule has 0 heterocycles. The fraction of sp³-hybridized carbons (Fsp3) is 0.200. The summed E-state index contributed by atoms with van der Waals surface area (Å²) in [5, 5.41) is 0. The number of ether oxygens (including phenoxy) is 1. The van der Waals surface area contributed by atoms with E-state index in [0.717, 1.165) is 13.0 Å². The Bertz CT molecular complexity index is 836. The molecule has 3 rings (SSSR count). The van der Waals surface area contributed by atoms with Crippen LogP contribution in [0.25, 0.3) is 0 Å². The van der Waals surface area contributed by atoms with Gasteiger partial charge in [0.1, 0.15) is 0 Å². The van der Waals surface area contributed by atoms with Gasteiger partial charge in [0.05, 0.1) is 0 Å². The first-order valence-corrected chi connectivity index (χ1v) is 15.0. The van der Waals surface area contributed by atoms with Gasteiger partial charge in [-0.05, 0) is 0 Å². The van der Waals surface area contributed by atoms with Crippen LogP contribution in [0.15, 0.2) is 98.8 Å². The Kier molecular flexibility index (Phi) is 9.80. The summed E-state index contributed by atoms with van der Waals surface area (Å²) >= 11 is 0.903. The van der Waals surface area contributed by atoms with Crippen LogP contribution in [0.4, 0.5) is 0 Å². The molecule has 0 spiro atoms. The van der Waals surface area contributed by atoms with Crippen molar-refractivity contribution in [1.29, 1.82) is 0 Å². The van der Waals surface area contributed by atoms with Gasteiger partial charge >= 0.3 is 195 Å². The first-order chi connectivity index (χ1) is 14.3. The van der Waals surface area contributed by atoms with E-state index in [1.165, 1.54) is 13.4 Å². The van der Waals surface area contributed by atoms with Crippen LogP contribution in [0.2, 0.25) is 0 Å². The molecule has 0 saturated carbocycles. The van der Waals surface area contributed by atoms with Crippen LogP contribution in [0.1, 0.15) is 20.3 Å². The van der Waals surface area contributed by atoms with E-state index in [4.69, 9.17) is 4.74 Å². The van der Waals surface area contributed by atoms with Gasteiger partial charge < -0.3 is 0 Å². The van der Waals surface area contributed by atoms with E-state index in [1.54, 1.807) is 7.84 Å². The van der Waals surface area contributed by atoms with Gasteiger partial charge in [-0.3, -0.25) is 0 Å². The van der Waals surface area contributed by atoms with E-state index in [-0.39, 0.29) is 21.1 Å². The number of rotatable bonds is 10. The molecule has 1 nitrogen and oxygen atoms in total.